The average Bonchev–Trinajstić information content (AvgIpc) is 2.38. The number of carbonyl (C=O) groups excluding carboxylic acids is 1. The molecule has 116 valence electrons. The van der Waals surface area contributed by atoms with E-state index in [0.29, 0.717) is 11.6 Å². The van der Waals surface area contributed by atoms with Crippen LogP contribution >= 0.6 is 0 Å². The van der Waals surface area contributed by atoms with Crippen LogP contribution in [0, 0.1) is 19.3 Å². The summed E-state index contributed by atoms with van der Waals surface area (Å²) in [5, 5.41) is 14.1. The third-order valence-electron chi connectivity index (χ3n) is 3.08. The molecule has 0 aliphatic heterocycles. The molecule has 1 heterocycles. The minimum atomic E-state index is -0.461. The lowest BCUT2D eigenvalue weighted by atomic mass is 9.96. The maximum Gasteiger partial charge on any atom is 0.230 e. The molecule has 0 bridgehead atoms. The molecule has 0 aliphatic rings. The van der Waals surface area contributed by atoms with Crippen LogP contribution < -0.4 is 10.6 Å². The summed E-state index contributed by atoms with van der Waals surface area (Å²) >= 11 is 0. The molecule has 0 fully saturated rings. The molecular formula is C17H22N4O. The van der Waals surface area contributed by atoms with Crippen LogP contribution in [0.4, 0.5) is 17.3 Å². The van der Waals surface area contributed by atoms with Crippen LogP contribution in [-0.4, -0.2) is 16.1 Å². The van der Waals surface area contributed by atoms with E-state index in [-0.39, 0.29) is 5.91 Å². The van der Waals surface area contributed by atoms with Crippen molar-refractivity contribution in [2.45, 2.75) is 34.6 Å². The van der Waals surface area contributed by atoms with Gasteiger partial charge in [-0.15, -0.1) is 10.2 Å². The van der Waals surface area contributed by atoms with Gasteiger partial charge in [-0.3, -0.25) is 4.79 Å². The van der Waals surface area contributed by atoms with E-state index in [1.807, 2.05) is 32.9 Å². The second-order valence-electron chi connectivity index (χ2n) is 6.51. The van der Waals surface area contributed by atoms with E-state index < -0.39 is 5.41 Å². The normalized spacial score (nSPS) is 11.1. The first kappa shape index (κ1) is 15.9. The highest BCUT2D eigenvalue weighted by molar-refractivity contribution is 5.93. The molecule has 0 atom stereocenters. The Morgan fingerprint density at radius 2 is 1.50 bits per heavy atom. The molecule has 1 aromatic carbocycles. The molecule has 1 aromatic heterocycles. The summed E-state index contributed by atoms with van der Waals surface area (Å²) in [6.45, 7) is 9.66. The fraction of sp³-hybridized carbons (Fsp3) is 0.353. The number of hydrogen-bond donors (Lipinski definition) is 2. The third kappa shape index (κ3) is 4.28. The summed E-state index contributed by atoms with van der Waals surface area (Å²) in [5.41, 5.74) is 2.88. The number of hydrogen-bond acceptors (Lipinski definition) is 4. The van der Waals surface area contributed by atoms with Crippen molar-refractivity contribution in [1.29, 1.82) is 0 Å². The molecule has 2 rings (SSSR count). The molecular weight excluding hydrogens is 276 g/mol. The van der Waals surface area contributed by atoms with Crippen LogP contribution in [0.1, 0.15) is 31.9 Å². The number of aromatic nitrogens is 2. The van der Waals surface area contributed by atoms with E-state index in [1.165, 1.54) is 11.1 Å². The molecule has 0 saturated carbocycles. The molecule has 5 heteroatoms. The molecule has 1 amide bonds. The van der Waals surface area contributed by atoms with Crippen molar-refractivity contribution in [1.82, 2.24) is 10.2 Å². The van der Waals surface area contributed by atoms with Crippen molar-refractivity contribution < 1.29 is 4.79 Å². The molecule has 0 saturated heterocycles. The van der Waals surface area contributed by atoms with Crippen LogP contribution in [0.3, 0.4) is 0 Å². The van der Waals surface area contributed by atoms with E-state index >= 15 is 0 Å². The minimum Gasteiger partial charge on any atom is -0.339 e. The zero-order valence-corrected chi connectivity index (χ0v) is 13.7. The van der Waals surface area contributed by atoms with Crippen molar-refractivity contribution >= 4 is 23.2 Å². The van der Waals surface area contributed by atoms with Gasteiger partial charge in [-0.1, -0.05) is 26.8 Å². The van der Waals surface area contributed by atoms with E-state index in [0.717, 1.165) is 5.69 Å². The van der Waals surface area contributed by atoms with Crippen LogP contribution in [0.2, 0.25) is 0 Å². The lowest BCUT2D eigenvalue weighted by Crippen LogP contribution is -2.28. The number of benzene rings is 1. The van der Waals surface area contributed by atoms with Crippen LogP contribution in [0.5, 0.6) is 0 Å². The number of carbonyl (C=O) groups is 1. The topological polar surface area (TPSA) is 66.9 Å². The predicted molar refractivity (Wildman–Crippen MR) is 89.3 cm³/mol. The molecule has 22 heavy (non-hydrogen) atoms. The van der Waals surface area contributed by atoms with E-state index in [1.54, 1.807) is 12.1 Å². The number of nitrogens with one attached hydrogen (secondary N) is 2. The van der Waals surface area contributed by atoms with Gasteiger partial charge in [0.2, 0.25) is 5.91 Å². The van der Waals surface area contributed by atoms with Crippen LogP contribution in [-0.2, 0) is 4.79 Å². The van der Waals surface area contributed by atoms with E-state index in [2.05, 4.69) is 40.7 Å². The van der Waals surface area contributed by atoms with Crippen molar-refractivity contribution in [2.75, 3.05) is 10.6 Å². The van der Waals surface area contributed by atoms with Gasteiger partial charge in [0.25, 0.3) is 0 Å². The van der Waals surface area contributed by atoms with Gasteiger partial charge in [0.1, 0.15) is 0 Å². The fourth-order valence-electron chi connectivity index (χ4n) is 1.96. The maximum atomic E-state index is 11.9. The Kier molecular flexibility index (Phi) is 4.45. The Morgan fingerprint density at radius 1 is 0.955 bits per heavy atom. The second kappa shape index (κ2) is 6.13. The number of anilines is 3. The molecule has 0 aliphatic carbocycles. The van der Waals surface area contributed by atoms with Gasteiger partial charge in [0.05, 0.1) is 0 Å². The Balaban J connectivity index is 2.07. The number of amides is 1. The first-order chi connectivity index (χ1) is 10.2. The van der Waals surface area contributed by atoms with Gasteiger partial charge in [0, 0.05) is 11.1 Å². The monoisotopic (exact) mass is 298 g/mol. The van der Waals surface area contributed by atoms with Crippen molar-refractivity contribution in [3.05, 3.63) is 41.5 Å². The summed E-state index contributed by atoms with van der Waals surface area (Å²) in [7, 11) is 0. The van der Waals surface area contributed by atoms with Gasteiger partial charge in [-0.25, -0.2) is 0 Å². The first-order valence-corrected chi connectivity index (χ1v) is 7.24. The maximum absolute atomic E-state index is 11.9. The van der Waals surface area contributed by atoms with Crippen molar-refractivity contribution in [2.24, 2.45) is 5.41 Å². The van der Waals surface area contributed by atoms with Gasteiger partial charge in [-0.2, -0.15) is 0 Å². The molecule has 5 nitrogen and oxygen atoms in total. The first-order valence-electron chi connectivity index (χ1n) is 7.24. The molecule has 0 unspecified atom stereocenters. The smallest absolute Gasteiger partial charge is 0.230 e. The Hall–Kier alpha value is -2.43. The quantitative estimate of drug-likeness (QED) is 0.904. The Bertz CT molecular complexity index is 652. The lowest BCUT2D eigenvalue weighted by Gasteiger charge is -2.16. The molecule has 2 N–H and O–H groups in total. The lowest BCUT2D eigenvalue weighted by molar-refractivity contribution is -0.123. The molecule has 0 radical (unpaired) electrons. The van der Waals surface area contributed by atoms with Gasteiger partial charge in [-0.05, 0) is 49.2 Å². The summed E-state index contributed by atoms with van der Waals surface area (Å²) in [6, 6.07) is 9.74. The highest BCUT2D eigenvalue weighted by Gasteiger charge is 2.21. The largest absolute Gasteiger partial charge is 0.339 e. The number of aryl methyl sites for hydroxylation is 2. The van der Waals surface area contributed by atoms with Crippen LogP contribution in [0.25, 0.3) is 0 Å². The Morgan fingerprint density at radius 3 is 2.00 bits per heavy atom. The van der Waals surface area contributed by atoms with Gasteiger partial charge in [0.15, 0.2) is 11.6 Å². The number of nitrogens with zero attached hydrogens (tertiary/aromatic N) is 2. The highest BCUT2D eigenvalue weighted by atomic mass is 16.2. The third-order valence-corrected chi connectivity index (χ3v) is 3.08. The standard InChI is InChI=1S/C17H22N4O/c1-11-8-12(2)10-13(9-11)18-14-6-7-15(21-20-14)19-16(22)17(3,4)5/h6-10H,1-5H3,(H,18,20)(H,19,21,22). The van der Waals surface area contributed by atoms with E-state index in [9.17, 15) is 4.79 Å². The van der Waals surface area contributed by atoms with E-state index in [4.69, 9.17) is 0 Å². The molecule has 2 aromatic rings. The van der Waals surface area contributed by atoms with Gasteiger partial charge >= 0.3 is 0 Å². The van der Waals surface area contributed by atoms with Crippen LogP contribution in [0.15, 0.2) is 30.3 Å². The average molecular weight is 298 g/mol. The summed E-state index contributed by atoms with van der Waals surface area (Å²) < 4.78 is 0. The SMILES string of the molecule is Cc1cc(C)cc(Nc2ccc(NC(=O)C(C)(C)C)nn2)c1. The zero-order chi connectivity index (χ0) is 16.3. The summed E-state index contributed by atoms with van der Waals surface area (Å²) in [6.07, 6.45) is 0. The van der Waals surface area contributed by atoms with Crippen molar-refractivity contribution in [3.8, 4) is 0 Å². The van der Waals surface area contributed by atoms with Crippen molar-refractivity contribution in [3.63, 3.8) is 0 Å². The Labute approximate surface area is 131 Å². The number of rotatable bonds is 3. The second-order valence-corrected chi connectivity index (χ2v) is 6.51. The van der Waals surface area contributed by atoms with Gasteiger partial charge < -0.3 is 10.6 Å². The zero-order valence-electron chi connectivity index (χ0n) is 13.7. The highest BCUT2D eigenvalue weighted by Crippen LogP contribution is 2.19. The summed E-state index contributed by atoms with van der Waals surface area (Å²) in [4.78, 5) is 11.9. The summed E-state index contributed by atoms with van der Waals surface area (Å²) in [5.74, 6) is 1.00. The minimum absolute atomic E-state index is 0.0863. The fourth-order valence-corrected chi connectivity index (χ4v) is 1.96. The molecule has 0 spiro atoms. The predicted octanol–water partition coefficient (Wildman–Crippen LogP) is 3.82.